The zero-order valence-corrected chi connectivity index (χ0v) is 29.0. The highest BCUT2D eigenvalue weighted by Crippen LogP contribution is 2.40. The number of nitrogens with zero attached hydrogens (tertiary/aromatic N) is 1. The fraction of sp³-hybridized carbons (Fsp3) is 0.788. The number of nitrogens with one attached hydrogen (secondary N) is 1. The molecule has 0 saturated carbocycles. The molecular weight excluding hydrogens is 620 g/mol. The molecule has 10 nitrogen and oxygen atoms in total. The van der Waals surface area contributed by atoms with Crippen LogP contribution >= 0.6 is 12.4 Å². The minimum atomic E-state index is -4.10. The molecule has 0 aromatic heterocycles. The van der Waals surface area contributed by atoms with E-state index in [4.69, 9.17) is 23.7 Å². The SMILES string of the molecule is CCCCCCCCCCCCO[C@@H]1[C@H]2OC(C)(C)O[C@H]2O[C@@H]1C(CN1CCCCC1)OC(=O)NS(=O)(=O)c1ccccc1.Cl. The summed E-state index contributed by atoms with van der Waals surface area (Å²) in [5.41, 5.74) is 0. The number of rotatable bonds is 18. The maximum atomic E-state index is 13.1. The third kappa shape index (κ3) is 11.9. The monoisotopic (exact) mass is 674 g/mol. The van der Waals surface area contributed by atoms with Gasteiger partial charge in [-0.3, -0.25) is 4.90 Å². The number of halogens is 1. The number of ether oxygens (including phenoxy) is 5. The van der Waals surface area contributed by atoms with Gasteiger partial charge in [0.2, 0.25) is 0 Å². The van der Waals surface area contributed by atoms with Crippen LogP contribution in [0.25, 0.3) is 0 Å². The van der Waals surface area contributed by atoms with Gasteiger partial charge in [0.05, 0.1) is 4.90 Å². The summed E-state index contributed by atoms with van der Waals surface area (Å²) in [6, 6.07) is 7.76. The molecule has 0 spiro atoms. The molecule has 3 aliphatic heterocycles. The highest BCUT2D eigenvalue weighted by molar-refractivity contribution is 7.90. The van der Waals surface area contributed by atoms with Crippen molar-refractivity contribution in [1.29, 1.82) is 0 Å². The van der Waals surface area contributed by atoms with Crippen molar-refractivity contribution in [2.24, 2.45) is 0 Å². The Morgan fingerprint density at radius 1 is 0.956 bits per heavy atom. The van der Waals surface area contributed by atoms with Crippen molar-refractivity contribution in [3.8, 4) is 0 Å². The van der Waals surface area contributed by atoms with Crippen molar-refractivity contribution in [2.45, 2.75) is 146 Å². The molecule has 45 heavy (non-hydrogen) atoms. The van der Waals surface area contributed by atoms with Crippen LogP contribution in [0.4, 0.5) is 4.79 Å². The second-order valence-corrected chi connectivity index (χ2v) is 14.5. The summed E-state index contributed by atoms with van der Waals surface area (Å²) < 4.78 is 58.6. The zero-order chi connectivity index (χ0) is 31.4. The molecule has 0 radical (unpaired) electrons. The highest BCUT2D eigenvalue weighted by Gasteiger charge is 2.58. The normalized spacial score (nSPS) is 25.3. The maximum Gasteiger partial charge on any atom is 0.421 e. The molecule has 3 heterocycles. The number of hydrogen-bond acceptors (Lipinski definition) is 9. The van der Waals surface area contributed by atoms with Crippen LogP contribution < -0.4 is 4.72 Å². The molecule has 0 bridgehead atoms. The summed E-state index contributed by atoms with van der Waals surface area (Å²) in [5, 5.41) is 0. The fourth-order valence-corrected chi connectivity index (χ4v) is 7.24. The molecule has 3 aliphatic rings. The Labute approximate surface area is 276 Å². The first-order chi connectivity index (χ1) is 21.2. The van der Waals surface area contributed by atoms with E-state index in [9.17, 15) is 13.2 Å². The quantitative estimate of drug-likeness (QED) is 0.173. The molecule has 1 amide bonds. The van der Waals surface area contributed by atoms with E-state index in [0.717, 1.165) is 45.2 Å². The van der Waals surface area contributed by atoms with Crippen LogP contribution in [0.15, 0.2) is 35.2 Å². The minimum Gasteiger partial charge on any atom is -0.441 e. The number of fused-ring (bicyclic) bond motifs is 1. The van der Waals surface area contributed by atoms with Crippen LogP contribution in [-0.4, -0.2) is 82.1 Å². The first-order valence-electron chi connectivity index (χ1n) is 16.8. The van der Waals surface area contributed by atoms with Gasteiger partial charge in [0.15, 0.2) is 12.1 Å². The van der Waals surface area contributed by atoms with E-state index in [2.05, 4.69) is 16.5 Å². The minimum absolute atomic E-state index is 0. The largest absolute Gasteiger partial charge is 0.441 e. The lowest BCUT2D eigenvalue weighted by atomic mass is 10.0. The molecule has 1 N–H and O–H groups in total. The number of amides is 1. The van der Waals surface area contributed by atoms with Crippen molar-refractivity contribution in [3.05, 3.63) is 30.3 Å². The average Bonchev–Trinajstić information content (AvgIpc) is 3.47. The second-order valence-electron chi connectivity index (χ2n) is 12.8. The number of carbonyl (C=O) groups excluding carboxylic acids is 1. The van der Waals surface area contributed by atoms with Crippen molar-refractivity contribution in [2.75, 3.05) is 26.2 Å². The third-order valence-corrected chi connectivity index (χ3v) is 9.95. The molecule has 3 fully saturated rings. The van der Waals surface area contributed by atoms with Gasteiger partial charge in [-0.1, -0.05) is 89.3 Å². The van der Waals surface area contributed by atoms with E-state index in [0.29, 0.717) is 13.2 Å². The maximum absolute atomic E-state index is 13.1. The van der Waals surface area contributed by atoms with E-state index in [1.807, 2.05) is 13.8 Å². The van der Waals surface area contributed by atoms with Crippen molar-refractivity contribution < 1.29 is 36.9 Å². The van der Waals surface area contributed by atoms with Crippen LogP contribution in [0.2, 0.25) is 0 Å². The third-order valence-electron chi connectivity index (χ3n) is 8.62. The Morgan fingerprint density at radius 2 is 1.58 bits per heavy atom. The summed E-state index contributed by atoms with van der Waals surface area (Å²) in [7, 11) is -4.10. The van der Waals surface area contributed by atoms with E-state index in [-0.39, 0.29) is 17.3 Å². The molecule has 5 atom stereocenters. The van der Waals surface area contributed by atoms with Gasteiger partial charge in [-0.25, -0.2) is 17.9 Å². The van der Waals surface area contributed by atoms with Crippen LogP contribution in [-0.2, 0) is 33.7 Å². The Morgan fingerprint density at radius 3 is 2.22 bits per heavy atom. The summed E-state index contributed by atoms with van der Waals surface area (Å²) in [6.45, 7) is 8.58. The molecule has 0 aliphatic carbocycles. The van der Waals surface area contributed by atoms with E-state index >= 15 is 0 Å². The Bertz CT molecular complexity index is 1100. The molecule has 1 aromatic rings. The van der Waals surface area contributed by atoms with Gasteiger partial charge in [-0.05, 0) is 58.3 Å². The number of sulfonamides is 1. The molecule has 1 unspecified atom stereocenters. The first kappa shape index (κ1) is 38.0. The van der Waals surface area contributed by atoms with E-state index in [1.54, 1.807) is 18.2 Å². The Balaban J connectivity index is 0.00000552. The van der Waals surface area contributed by atoms with Gasteiger partial charge in [0.25, 0.3) is 10.0 Å². The highest BCUT2D eigenvalue weighted by atomic mass is 35.5. The lowest BCUT2D eigenvalue weighted by molar-refractivity contribution is -0.230. The van der Waals surface area contributed by atoms with Crippen molar-refractivity contribution in [1.82, 2.24) is 9.62 Å². The van der Waals surface area contributed by atoms with E-state index < -0.39 is 52.6 Å². The lowest BCUT2D eigenvalue weighted by Crippen LogP contribution is -2.51. The molecule has 3 saturated heterocycles. The van der Waals surface area contributed by atoms with Crippen LogP contribution in [0.3, 0.4) is 0 Å². The van der Waals surface area contributed by atoms with Gasteiger partial charge in [-0.2, -0.15) is 0 Å². The first-order valence-corrected chi connectivity index (χ1v) is 18.3. The van der Waals surface area contributed by atoms with Crippen LogP contribution in [0.5, 0.6) is 0 Å². The zero-order valence-electron chi connectivity index (χ0n) is 27.3. The summed E-state index contributed by atoms with van der Waals surface area (Å²) >= 11 is 0. The molecule has 258 valence electrons. The number of hydrogen-bond donors (Lipinski definition) is 1. The predicted octanol–water partition coefficient (Wildman–Crippen LogP) is 6.56. The molecular formula is C33H55ClN2O8S. The number of carbonyl (C=O) groups is 1. The molecule has 1 aromatic carbocycles. The van der Waals surface area contributed by atoms with Crippen LogP contribution in [0.1, 0.15) is 104 Å². The topological polar surface area (TPSA) is 113 Å². The Kier molecular flexibility index (Phi) is 15.8. The number of piperidine rings is 1. The van der Waals surface area contributed by atoms with Gasteiger partial charge >= 0.3 is 6.09 Å². The predicted molar refractivity (Wildman–Crippen MR) is 175 cm³/mol. The Hall–Kier alpha value is -1.47. The van der Waals surface area contributed by atoms with Crippen molar-refractivity contribution in [3.63, 3.8) is 0 Å². The summed E-state index contributed by atoms with van der Waals surface area (Å²) in [5.74, 6) is -0.830. The molecule has 4 rings (SSSR count). The van der Waals surface area contributed by atoms with E-state index in [1.165, 1.54) is 63.5 Å². The van der Waals surface area contributed by atoms with Gasteiger partial charge < -0.3 is 23.7 Å². The number of unbranched alkanes of at least 4 members (excludes halogenated alkanes) is 9. The standard InChI is InChI=1S/C33H54N2O8S.ClH/c1-4-5-6-7-8-9-10-11-12-19-24-39-29-28(41-31-30(29)42-33(2,3)43-31)27(25-35-22-17-14-18-23-35)40-32(36)34-44(37,38)26-20-15-13-16-21-26;/h13,15-16,20-21,27-31H,4-12,14,17-19,22-25H2,1-3H3,(H,34,36);1H/t27?,28-,29+,30-,31-;/m1./s1. The van der Waals surface area contributed by atoms with Crippen LogP contribution in [0, 0.1) is 0 Å². The average molecular weight is 675 g/mol. The van der Waals surface area contributed by atoms with Gasteiger partial charge in [0, 0.05) is 13.2 Å². The van der Waals surface area contributed by atoms with Gasteiger partial charge in [0.1, 0.15) is 24.4 Å². The number of benzene rings is 1. The lowest BCUT2D eigenvalue weighted by Gasteiger charge is -2.35. The summed E-state index contributed by atoms with van der Waals surface area (Å²) in [4.78, 5) is 15.3. The summed E-state index contributed by atoms with van der Waals surface area (Å²) in [6.07, 6.45) is 11.3. The van der Waals surface area contributed by atoms with Crippen molar-refractivity contribution >= 4 is 28.5 Å². The second kappa shape index (κ2) is 18.8. The number of likely N-dealkylation sites (tertiary alicyclic amines) is 1. The van der Waals surface area contributed by atoms with Gasteiger partial charge in [-0.15, -0.1) is 12.4 Å². The fourth-order valence-electron chi connectivity index (χ4n) is 6.34. The smallest absolute Gasteiger partial charge is 0.421 e. The molecule has 12 heteroatoms.